The van der Waals surface area contributed by atoms with Gasteiger partial charge in [0, 0.05) is 4.90 Å². The van der Waals surface area contributed by atoms with Crippen molar-refractivity contribution in [1.29, 1.82) is 0 Å². The number of thiol groups is 1. The van der Waals surface area contributed by atoms with E-state index in [0.29, 0.717) is 0 Å². The van der Waals surface area contributed by atoms with Crippen LogP contribution in [0.5, 0.6) is 0 Å². The minimum absolute atomic E-state index is 1.01. The summed E-state index contributed by atoms with van der Waals surface area (Å²) in [6.07, 6.45) is 0. The summed E-state index contributed by atoms with van der Waals surface area (Å²) >= 11 is 4.58. The normalized spacial score (nSPS) is 10.5. The summed E-state index contributed by atoms with van der Waals surface area (Å²) in [6.45, 7) is 2.18. The van der Waals surface area contributed by atoms with Crippen LogP contribution in [0.2, 0.25) is 0 Å². The predicted octanol–water partition coefficient (Wildman–Crippen LogP) is 5.62. The molecular formula is C19H16S. The third-order valence-corrected chi connectivity index (χ3v) is 4.00. The summed E-state index contributed by atoms with van der Waals surface area (Å²) in [5, 5.41) is 0. The fourth-order valence-corrected chi connectivity index (χ4v) is 2.84. The van der Waals surface area contributed by atoms with Crippen LogP contribution in [0, 0.1) is 6.92 Å². The lowest BCUT2D eigenvalue weighted by Gasteiger charge is -2.13. The van der Waals surface area contributed by atoms with Gasteiger partial charge < -0.3 is 0 Å². The number of hydrogen-bond donors (Lipinski definition) is 1. The maximum atomic E-state index is 4.58. The first-order valence-corrected chi connectivity index (χ1v) is 7.15. The number of rotatable bonds is 2. The Balaban J connectivity index is 2.19. The molecule has 0 nitrogen and oxygen atoms in total. The molecule has 3 aromatic rings. The van der Waals surface area contributed by atoms with Gasteiger partial charge in [0.2, 0.25) is 0 Å². The molecule has 0 amide bonds. The Hall–Kier alpha value is -1.99. The van der Waals surface area contributed by atoms with E-state index < -0.39 is 0 Å². The Morgan fingerprint density at radius 1 is 0.600 bits per heavy atom. The fourth-order valence-electron chi connectivity index (χ4n) is 2.56. The molecule has 3 rings (SSSR count). The van der Waals surface area contributed by atoms with E-state index >= 15 is 0 Å². The van der Waals surface area contributed by atoms with E-state index in [1.807, 2.05) is 18.2 Å². The Morgan fingerprint density at radius 2 is 1.20 bits per heavy atom. The van der Waals surface area contributed by atoms with Gasteiger partial charge in [0.25, 0.3) is 0 Å². The zero-order chi connectivity index (χ0) is 13.9. The molecule has 0 fully saturated rings. The largest absolute Gasteiger partial charge is 0.143 e. The van der Waals surface area contributed by atoms with Crippen LogP contribution in [-0.4, -0.2) is 0 Å². The van der Waals surface area contributed by atoms with Crippen molar-refractivity contribution in [3.63, 3.8) is 0 Å². The van der Waals surface area contributed by atoms with Crippen molar-refractivity contribution in [2.45, 2.75) is 11.8 Å². The SMILES string of the molecule is Cc1c(-c2ccccc2)cccc1-c1ccccc1S. The molecule has 0 aliphatic carbocycles. The van der Waals surface area contributed by atoms with E-state index in [1.54, 1.807) is 0 Å². The summed E-state index contributed by atoms with van der Waals surface area (Å²) in [6, 6.07) is 25.2. The Morgan fingerprint density at radius 3 is 1.95 bits per heavy atom. The van der Waals surface area contributed by atoms with Crippen molar-refractivity contribution < 1.29 is 0 Å². The van der Waals surface area contributed by atoms with Crippen molar-refractivity contribution in [3.8, 4) is 22.3 Å². The molecule has 0 atom stereocenters. The lowest BCUT2D eigenvalue weighted by molar-refractivity contribution is 1.39. The Kier molecular flexibility index (Phi) is 3.62. The zero-order valence-electron chi connectivity index (χ0n) is 11.4. The molecule has 98 valence electrons. The van der Waals surface area contributed by atoms with Crippen molar-refractivity contribution in [3.05, 3.63) is 78.4 Å². The molecule has 0 N–H and O–H groups in total. The van der Waals surface area contributed by atoms with Crippen molar-refractivity contribution in [1.82, 2.24) is 0 Å². The maximum Gasteiger partial charge on any atom is 0.0119 e. The van der Waals surface area contributed by atoms with Crippen LogP contribution in [-0.2, 0) is 0 Å². The van der Waals surface area contributed by atoms with Gasteiger partial charge in [-0.3, -0.25) is 0 Å². The predicted molar refractivity (Wildman–Crippen MR) is 89.3 cm³/mol. The van der Waals surface area contributed by atoms with Crippen molar-refractivity contribution >= 4 is 12.6 Å². The van der Waals surface area contributed by atoms with E-state index in [4.69, 9.17) is 0 Å². The molecule has 0 saturated carbocycles. The lowest BCUT2D eigenvalue weighted by atomic mass is 9.93. The van der Waals surface area contributed by atoms with Gasteiger partial charge in [0.1, 0.15) is 0 Å². The minimum atomic E-state index is 1.01. The van der Waals surface area contributed by atoms with E-state index in [0.717, 1.165) is 4.90 Å². The van der Waals surface area contributed by atoms with Crippen LogP contribution in [0.4, 0.5) is 0 Å². The topological polar surface area (TPSA) is 0 Å². The highest BCUT2D eigenvalue weighted by molar-refractivity contribution is 7.80. The lowest BCUT2D eigenvalue weighted by Crippen LogP contribution is -1.89. The van der Waals surface area contributed by atoms with Gasteiger partial charge >= 0.3 is 0 Å². The van der Waals surface area contributed by atoms with Gasteiger partial charge in [-0.1, -0.05) is 66.7 Å². The number of hydrogen-bond acceptors (Lipinski definition) is 1. The average molecular weight is 276 g/mol. The van der Waals surface area contributed by atoms with Crippen molar-refractivity contribution in [2.24, 2.45) is 0 Å². The minimum Gasteiger partial charge on any atom is -0.143 e. The molecule has 0 heterocycles. The van der Waals surface area contributed by atoms with E-state index in [2.05, 4.69) is 74.1 Å². The van der Waals surface area contributed by atoms with Crippen LogP contribution in [0.25, 0.3) is 22.3 Å². The van der Waals surface area contributed by atoms with Gasteiger partial charge in [0.15, 0.2) is 0 Å². The second-order valence-electron chi connectivity index (χ2n) is 4.86. The van der Waals surface area contributed by atoms with Crippen LogP contribution in [0.1, 0.15) is 5.56 Å². The second-order valence-corrected chi connectivity index (χ2v) is 5.34. The molecule has 0 saturated heterocycles. The maximum absolute atomic E-state index is 4.58. The Labute approximate surface area is 125 Å². The molecule has 0 aliphatic rings. The highest BCUT2D eigenvalue weighted by Crippen LogP contribution is 2.34. The van der Waals surface area contributed by atoms with Crippen LogP contribution in [0.15, 0.2) is 77.7 Å². The molecule has 0 bridgehead atoms. The van der Waals surface area contributed by atoms with Crippen LogP contribution < -0.4 is 0 Å². The van der Waals surface area contributed by atoms with Crippen LogP contribution in [0.3, 0.4) is 0 Å². The molecule has 3 aromatic carbocycles. The summed E-state index contributed by atoms with van der Waals surface area (Å²) in [5.41, 5.74) is 6.26. The number of benzene rings is 3. The monoisotopic (exact) mass is 276 g/mol. The molecule has 0 spiro atoms. The molecular weight excluding hydrogens is 260 g/mol. The first-order chi connectivity index (χ1) is 9.77. The van der Waals surface area contributed by atoms with E-state index in [-0.39, 0.29) is 0 Å². The first-order valence-electron chi connectivity index (χ1n) is 6.71. The molecule has 0 aromatic heterocycles. The summed E-state index contributed by atoms with van der Waals surface area (Å²) in [7, 11) is 0. The average Bonchev–Trinajstić information content (AvgIpc) is 2.49. The van der Waals surface area contributed by atoms with Gasteiger partial charge in [0.05, 0.1) is 0 Å². The van der Waals surface area contributed by atoms with Gasteiger partial charge in [-0.05, 0) is 40.8 Å². The smallest absolute Gasteiger partial charge is 0.0119 e. The van der Waals surface area contributed by atoms with Gasteiger partial charge in [-0.2, -0.15) is 0 Å². The summed E-state index contributed by atoms with van der Waals surface area (Å²) < 4.78 is 0. The van der Waals surface area contributed by atoms with Gasteiger partial charge in [-0.25, -0.2) is 0 Å². The summed E-state index contributed by atoms with van der Waals surface area (Å²) in [5.74, 6) is 0. The fraction of sp³-hybridized carbons (Fsp3) is 0.0526. The third-order valence-electron chi connectivity index (χ3n) is 3.61. The standard InChI is InChI=1S/C19H16S/c1-14-16(15-8-3-2-4-9-15)11-7-12-17(14)18-10-5-6-13-19(18)20/h2-13,20H,1H3. The van der Waals surface area contributed by atoms with Crippen LogP contribution >= 0.6 is 12.6 Å². The highest BCUT2D eigenvalue weighted by atomic mass is 32.1. The quantitative estimate of drug-likeness (QED) is 0.577. The second kappa shape index (κ2) is 5.56. The zero-order valence-corrected chi connectivity index (χ0v) is 12.3. The summed E-state index contributed by atoms with van der Waals surface area (Å²) in [4.78, 5) is 1.01. The first kappa shape index (κ1) is 13.0. The molecule has 1 heteroatoms. The molecule has 20 heavy (non-hydrogen) atoms. The molecule has 0 aliphatic heterocycles. The Bertz CT molecular complexity index is 730. The van der Waals surface area contributed by atoms with Gasteiger partial charge in [-0.15, -0.1) is 12.6 Å². The molecule has 0 radical (unpaired) electrons. The molecule has 0 unspecified atom stereocenters. The van der Waals surface area contributed by atoms with Crippen molar-refractivity contribution in [2.75, 3.05) is 0 Å². The highest BCUT2D eigenvalue weighted by Gasteiger charge is 2.09. The third kappa shape index (κ3) is 2.37. The van der Waals surface area contributed by atoms with E-state index in [1.165, 1.54) is 27.8 Å². The van der Waals surface area contributed by atoms with E-state index in [9.17, 15) is 0 Å².